The lowest BCUT2D eigenvalue weighted by Gasteiger charge is -2.54. The van der Waals surface area contributed by atoms with Gasteiger partial charge in [-0.2, -0.15) is 12.6 Å². The lowest BCUT2D eigenvalue weighted by molar-refractivity contribution is -0.0591. The summed E-state index contributed by atoms with van der Waals surface area (Å²) in [5.41, 5.74) is 0.591. The molecule has 0 bridgehead atoms. The van der Waals surface area contributed by atoms with Crippen molar-refractivity contribution in [1.29, 1.82) is 0 Å². The molecular formula is C15H31NOS. The van der Waals surface area contributed by atoms with Crippen molar-refractivity contribution in [2.75, 3.05) is 33.1 Å². The molecule has 1 saturated carbocycles. The number of thiol groups is 1. The van der Waals surface area contributed by atoms with Crippen molar-refractivity contribution in [3.8, 4) is 0 Å². The van der Waals surface area contributed by atoms with Crippen molar-refractivity contribution in [2.24, 2.45) is 5.41 Å². The lowest BCUT2D eigenvalue weighted by atomic mass is 9.73. The zero-order valence-electron chi connectivity index (χ0n) is 12.5. The van der Waals surface area contributed by atoms with Crippen LogP contribution in [0.4, 0.5) is 0 Å². The third-order valence-corrected chi connectivity index (χ3v) is 4.75. The summed E-state index contributed by atoms with van der Waals surface area (Å²) >= 11 is 3.53. The van der Waals surface area contributed by atoms with E-state index in [-0.39, 0.29) is 0 Å². The molecule has 0 N–H and O–H groups in total. The Hall–Kier alpha value is 0.270. The highest BCUT2D eigenvalue weighted by molar-refractivity contribution is 7.79. The molecule has 2 nitrogen and oxygen atoms in total. The Labute approximate surface area is 119 Å². The molecule has 3 heteroatoms. The van der Waals surface area contributed by atoms with E-state index in [1.54, 1.807) is 6.26 Å². The molecular weight excluding hydrogens is 242 g/mol. The third kappa shape index (κ3) is 4.14. The molecule has 1 aliphatic heterocycles. The van der Waals surface area contributed by atoms with E-state index < -0.39 is 0 Å². The Balaban J connectivity index is 0.000000771. The SMILES string of the molecule is CCC1(CCOC)CN(C2CCCCC2)C1.CS. The molecule has 2 fully saturated rings. The molecule has 0 spiro atoms. The monoisotopic (exact) mass is 273 g/mol. The molecule has 0 aromatic carbocycles. The van der Waals surface area contributed by atoms with Gasteiger partial charge in [0.1, 0.15) is 0 Å². The number of ether oxygens (including phenoxy) is 1. The summed E-state index contributed by atoms with van der Waals surface area (Å²) in [6, 6.07) is 0.913. The van der Waals surface area contributed by atoms with E-state index in [2.05, 4.69) is 24.5 Å². The highest BCUT2D eigenvalue weighted by Gasteiger charge is 2.43. The van der Waals surface area contributed by atoms with E-state index in [1.807, 2.05) is 7.11 Å². The first-order chi connectivity index (χ1) is 8.79. The maximum absolute atomic E-state index is 5.24. The second kappa shape index (κ2) is 8.44. The predicted molar refractivity (Wildman–Crippen MR) is 82.6 cm³/mol. The van der Waals surface area contributed by atoms with Crippen molar-refractivity contribution in [2.45, 2.75) is 57.9 Å². The summed E-state index contributed by atoms with van der Waals surface area (Å²) in [6.07, 6.45) is 11.5. The van der Waals surface area contributed by atoms with Crippen LogP contribution in [0.3, 0.4) is 0 Å². The summed E-state index contributed by atoms with van der Waals surface area (Å²) in [4.78, 5) is 2.73. The van der Waals surface area contributed by atoms with E-state index in [9.17, 15) is 0 Å². The van der Waals surface area contributed by atoms with Crippen molar-refractivity contribution in [3.63, 3.8) is 0 Å². The highest BCUT2D eigenvalue weighted by Crippen LogP contribution is 2.40. The summed E-state index contributed by atoms with van der Waals surface area (Å²) in [5, 5.41) is 0. The van der Waals surface area contributed by atoms with Crippen LogP contribution in [0.2, 0.25) is 0 Å². The number of methoxy groups -OCH3 is 1. The van der Waals surface area contributed by atoms with E-state index in [4.69, 9.17) is 4.74 Å². The number of hydrogen-bond donors (Lipinski definition) is 1. The molecule has 1 heterocycles. The molecule has 0 aromatic heterocycles. The van der Waals surface area contributed by atoms with Crippen LogP contribution >= 0.6 is 12.6 Å². The van der Waals surface area contributed by atoms with Gasteiger partial charge in [-0.05, 0) is 37.4 Å². The second-order valence-electron chi connectivity index (χ2n) is 5.79. The molecule has 0 aromatic rings. The molecule has 18 heavy (non-hydrogen) atoms. The summed E-state index contributed by atoms with van der Waals surface area (Å²) < 4.78 is 5.24. The Morgan fingerprint density at radius 1 is 1.17 bits per heavy atom. The van der Waals surface area contributed by atoms with Crippen molar-refractivity contribution >= 4 is 12.6 Å². The van der Waals surface area contributed by atoms with E-state index >= 15 is 0 Å². The number of likely N-dealkylation sites (tertiary alicyclic amines) is 1. The van der Waals surface area contributed by atoms with Gasteiger partial charge in [0.05, 0.1) is 0 Å². The molecule has 0 atom stereocenters. The lowest BCUT2D eigenvalue weighted by Crippen LogP contribution is -2.60. The van der Waals surface area contributed by atoms with Crippen LogP contribution in [0.15, 0.2) is 0 Å². The van der Waals surface area contributed by atoms with Crippen molar-refractivity contribution in [3.05, 3.63) is 0 Å². The standard InChI is InChI=1S/C14H27NO.CH4S/c1-3-14(9-10-16-2)11-15(12-14)13-7-5-4-6-8-13;1-2/h13H,3-12H2,1-2H3;2H,1H3. The van der Waals surface area contributed by atoms with Gasteiger partial charge in [-0.1, -0.05) is 26.2 Å². The quantitative estimate of drug-likeness (QED) is 0.768. The highest BCUT2D eigenvalue weighted by atomic mass is 32.1. The molecule has 0 amide bonds. The summed E-state index contributed by atoms with van der Waals surface area (Å²) in [5.74, 6) is 0. The van der Waals surface area contributed by atoms with Gasteiger partial charge in [-0.15, -0.1) is 0 Å². The normalized spacial score (nSPS) is 24.0. The minimum atomic E-state index is 0.591. The fraction of sp³-hybridized carbons (Fsp3) is 1.00. The van der Waals surface area contributed by atoms with Crippen LogP contribution in [0, 0.1) is 5.41 Å². The van der Waals surface area contributed by atoms with Crippen molar-refractivity contribution < 1.29 is 4.74 Å². The fourth-order valence-electron chi connectivity index (χ4n) is 3.40. The Kier molecular flexibility index (Phi) is 7.66. The minimum Gasteiger partial charge on any atom is -0.385 e. The van der Waals surface area contributed by atoms with Crippen LogP contribution in [0.25, 0.3) is 0 Å². The number of rotatable bonds is 5. The second-order valence-corrected chi connectivity index (χ2v) is 5.79. The predicted octanol–water partition coefficient (Wildman–Crippen LogP) is 3.61. The van der Waals surface area contributed by atoms with Crippen LogP contribution in [-0.2, 0) is 4.74 Å². The molecule has 1 saturated heterocycles. The summed E-state index contributed by atoms with van der Waals surface area (Å²) in [7, 11) is 1.82. The fourth-order valence-corrected chi connectivity index (χ4v) is 3.40. The van der Waals surface area contributed by atoms with Gasteiger partial charge >= 0.3 is 0 Å². The van der Waals surface area contributed by atoms with E-state index in [0.717, 1.165) is 12.6 Å². The molecule has 2 rings (SSSR count). The first-order valence-electron chi connectivity index (χ1n) is 7.47. The maximum atomic E-state index is 5.24. The van der Waals surface area contributed by atoms with Crippen molar-refractivity contribution in [1.82, 2.24) is 4.90 Å². The summed E-state index contributed by atoms with van der Waals surface area (Å²) in [6.45, 7) is 5.94. The molecule has 108 valence electrons. The Morgan fingerprint density at radius 2 is 1.78 bits per heavy atom. The zero-order valence-corrected chi connectivity index (χ0v) is 13.3. The molecule has 0 radical (unpaired) electrons. The van der Waals surface area contributed by atoms with Crippen LogP contribution in [0.5, 0.6) is 0 Å². The van der Waals surface area contributed by atoms with E-state index in [0.29, 0.717) is 5.41 Å². The van der Waals surface area contributed by atoms with Gasteiger partial charge in [0.2, 0.25) is 0 Å². The average Bonchev–Trinajstić information content (AvgIpc) is 2.41. The molecule has 0 unspecified atom stereocenters. The first-order valence-corrected chi connectivity index (χ1v) is 8.37. The Morgan fingerprint density at radius 3 is 2.28 bits per heavy atom. The van der Waals surface area contributed by atoms with Crippen LogP contribution in [0.1, 0.15) is 51.9 Å². The smallest absolute Gasteiger partial charge is 0.0468 e. The van der Waals surface area contributed by atoms with Gasteiger partial charge in [-0.3, -0.25) is 4.90 Å². The molecule has 2 aliphatic rings. The zero-order chi connectivity index (χ0) is 13.4. The van der Waals surface area contributed by atoms with E-state index in [1.165, 1.54) is 58.0 Å². The number of hydrogen-bond acceptors (Lipinski definition) is 3. The number of nitrogens with zero attached hydrogens (tertiary/aromatic N) is 1. The first kappa shape index (κ1) is 16.3. The Bertz CT molecular complexity index is 211. The van der Waals surface area contributed by atoms with Gasteiger partial charge in [0, 0.05) is 32.8 Å². The molecule has 1 aliphatic carbocycles. The maximum Gasteiger partial charge on any atom is 0.0468 e. The topological polar surface area (TPSA) is 12.5 Å². The minimum absolute atomic E-state index is 0.591. The van der Waals surface area contributed by atoms with Gasteiger partial charge < -0.3 is 4.74 Å². The third-order valence-electron chi connectivity index (χ3n) is 4.75. The average molecular weight is 273 g/mol. The largest absolute Gasteiger partial charge is 0.385 e. The van der Waals surface area contributed by atoms with Gasteiger partial charge in [0.25, 0.3) is 0 Å². The van der Waals surface area contributed by atoms with Gasteiger partial charge in [-0.25, -0.2) is 0 Å². The van der Waals surface area contributed by atoms with Crippen LogP contribution < -0.4 is 0 Å². The van der Waals surface area contributed by atoms with Crippen LogP contribution in [-0.4, -0.2) is 44.0 Å². The van der Waals surface area contributed by atoms with Gasteiger partial charge in [0.15, 0.2) is 0 Å².